The van der Waals surface area contributed by atoms with E-state index in [1.807, 2.05) is 35.6 Å². The summed E-state index contributed by atoms with van der Waals surface area (Å²) in [4.78, 5) is 0. The smallest absolute Gasteiger partial charge is 0.485 e. The lowest BCUT2D eigenvalue weighted by atomic mass is 10.7. The summed E-state index contributed by atoms with van der Waals surface area (Å²) in [5.74, 6) is 0. The van der Waals surface area contributed by atoms with Crippen LogP contribution in [0.1, 0.15) is 13.8 Å². The third-order valence-corrected chi connectivity index (χ3v) is 3.63. The molecule has 10 nitrogen and oxygen atoms in total. The molecule has 176 valence electrons. The predicted octanol–water partition coefficient (Wildman–Crippen LogP) is 0.175. The van der Waals surface area contributed by atoms with Gasteiger partial charge in [0.2, 0.25) is 12.7 Å². The van der Waals surface area contributed by atoms with Gasteiger partial charge < -0.3 is 9.11 Å². The van der Waals surface area contributed by atoms with Crippen molar-refractivity contribution in [2.45, 2.75) is 32.4 Å². The highest BCUT2D eigenvalue weighted by Crippen LogP contribution is 2.20. The highest BCUT2D eigenvalue weighted by atomic mass is 32.2. The third kappa shape index (κ3) is 15.8. The van der Waals surface area contributed by atoms with Crippen LogP contribution in [0.2, 0.25) is 0 Å². The van der Waals surface area contributed by atoms with Crippen molar-refractivity contribution < 1.29 is 52.6 Å². The Hall–Kier alpha value is -2.04. The second kappa shape index (κ2) is 13.3. The molecule has 2 aromatic heterocycles. The Morgan fingerprint density at radius 2 is 1.13 bits per heavy atom. The van der Waals surface area contributed by atoms with E-state index in [2.05, 4.69) is 48.0 Å². The highest BCUT2D eigenvalue weighted by molar-refractivity contribution is 7.86. The summed E-state index contributed by atoms with van der Waals surface area (Å²) >= 11 is 0. The number of nitrogens with zero attached hydrogens (tertiary/aromatic N) is 4. The molecule has 2 aromatic rings. The predicted molar refractivity (Wildman–Crippen MR) is 94.0 cm³/mol. The zero-order valence-corrected chi connectivity index (χ0v) is 18.3. The summed E-state index contributed by atoms with van der Waals surface area (Å²) in [5.41, 5.74) is -5.65. The maximum Gasteiger partial charge on any atom is 0.485 e. The molecule has 0 fully saturated rings. The number of aromatic nitrogens is 4. The maximum atomic E-state index is 10.7. The van der Waals surface area contributed by atoms with Crippen molar-refractivity contribution in [1.29, 1.82) is 0 Å². The molecule has 0 aliphatic heterocycles. The lowest BCUT2D eigenvalue weighted by Crippen LogP contribution is -2.23. The summed E-state index contributed by atoms with van der Waals surface area (Å²) in [5, 5.41) is 0. The van der Waals surface area contributed by atoms with E-state index in [4.69, 9.17) is 25.9 Å². The van der Waals surface area contributed by atoms with Crippen LogP contribution in [0.15, 0.2) is 37.4 Å². The number of rotatable bonds is 3. The number of hydrogen-bond donors (Lipinski definition) is 0. The van der Waals surface area contributed by atoms with Gasteiger partial charge in [-0.15, -0.1) is 0 Å². The summed E-state index contributed by atoms with van der Waals surface area (Å²) in [6.07, 6.45) is 12.3. The van der Waals surface area contributed by atoms with E-state index in [0.29, 0.717) is 0 Å². The number of alkyl halides is 4. The molecule has 2 rings (SSSR count). The molecule has 30 heavy (non-hydrogen) atoms. The second-order valence-electron chi connectivity index (χ2n) is 5.39. The Kier molecular flexibility index (Phi) is 13.4. The van der Waals surface area contributed by atoms with E-state index in [9.17, 15) is 17.6 Å². The largest absolute Gasteiger partial charge is 0.746 e. The Bertz CT molecular complexity index is 900. The van der Waals surface area contributed by atoms with Gasteiger partial charge in [0, 0.05) is 0 Å². The van der Waals surface area contributed by atoms with Crippen molar-refractivity contribution in [1.82, 2.24) is 9.13 Å². The standard InChI is InChI=1S/2C6H11N2.CHF3O3S.CH3FO3S/c2*1-3-8-5-4-7(2)6-8;2-1(3,4)8(5,6)7;2-1-6(3,4)5/h2*4-6H,3H2,1-2H3;(H,5,6,7);1H2,(H,3,4,5)/q2*+1;;/p-2. The van der Waals surface area contributed by atoms with E-state index >= 15 is 0 Å². The molecule has 0 aliphatic rings. The van der Waals surface area contributed by atoms with Gasteiger partial charge in [-0.3, -0.25) is 0 Å². The van der Waals surface area contributed by atoms with Gasteiger partial charge in [0.05, 0.1) is 27.2 Å². The molecular formula is C14H24F4N4O6S2. The average molecular weight is 484 g/mol. The molecule has 0 radical (unpaired) electrons. The molecule has 0 N–H and O–H groups in total. The molecule has 0 bridgehead atoms. The van der Waals surface area contributed by atoms with Gasteiger partial charge in [0.1, 0.15) is 34.9 Å². The van der Waals surface area contributed by atoms with Gasteiger partial charge >= 0.3 is 5.51 Å². The minimum atomic E-state index is -6.09. The molecule has 0 unspecified atom stereocenters. The molecule has 0 aromatic carbocycles. The topological polar surface area (TPSA) is 132 Å². The van der Waals surface area contributed by atoms with Crippen LogP contribution >= 0.6 is 0 Å². The van der Waals surface area contributed by atoms with E-state index in [1.54, 1.807) is 0 Å². The minimum absolute atomic E-state index is 1.06. The molecule has 0 saturated heterocycles. The first-order valence-electron chi connectivity index (χ1n) is 8.00. The fraction of sp³-hybridized carbons (Fsp3) is 0.571. The monoisotopic (exact) mass is 484 g/mol. The van der Waals surface area contributed by atoms with E-state index in [1.165, 1.54) is 0 Å². The van der Waals surface area contributed by atoms with Crippen LogP contribution in [0.5, 0.6) is 0 Å². The summed E-state index contributed by atoms with van der Waals surface area (Å²) in [6.45, 7) is 6.36. The van der Waals surface area contributed by atoms with E-state index in [-0.39, 0.29) is 0 Å². The van der Waals surface area contributed by atoms with E-state index in [0.717, 1.165) is 13.1 Å². The first-order chi connectivity index (χ1) is 13.5. The Morgan fingerprint density at radius 3 is 1.20 bits per heavy atom. The summed E-state index contributed by atoms with van der Waals surface area (Å²) < 4.78 is 105. The molecular weight excluding hydrogens is 460 g/mol. The van der Waals surface area contributed by atoms with Crippen LogP contribution in [0.3, 0.4) is 0 Å². The van der Waals surface area contributed by atoms with Crippen molar-refractivity contribution >= 4 is 20.2 Å². The zero-order valence-electron chi connectivity index (χ0n) is 16.7. The first kappa shape index (κ1) is 30.2. The molecule has 0 spiro atoms. The molecule has 0 amide bonds. The molecule has 16 heteroatoms. The Morgan fingerprint density at radius 1 is 0.867 bits per heavy atom. The van der Waals surface area contributed by atoms with Gasteiger partial charge in [-0.2, -0.15) is 13.2 Å². The number of aryl methyl sites for hydroxylation is 4. The lowest BCUT2D eigenvalue weighted by Gasteiger charge is -2.08. The van der Waals surface area contributed by atoms with Crippen LogP contribution in [-0.4, -0.2) is 46.6 Å². The van der Waals surface area contributed by atoms with Crippen LogP contribution in [0.4, 0.5) is 17.6 Å². The van der Waals surface area contributed by atoms with Gasteiger partial charge in [0.15, 0.2) is 16.1 Å². The van der Waals surface area contributed by atoms with Gasteiger partial charge in [0.25, 0.3) is 0 Å². The van der Waals surface area contributed by atoms with Crippen LogP contribution < -0.4 is 9.13 Å². The van der Waals surface area contributed by atoms with Crippen molar-refractivity contribution in [3.8, 4) is 0 Å². The quantitative estimate of drug-likeness (QED) is 0.264. The third-order valence-electron chi connectivity index (χ3n) is 2.79. The molecule has 0 atom stereocenters. The fourth-order valence-corrected chi connectivity index (χ4v) is 1.38. The zero-order chi connectivity index (χ0) is 24.2. The summed E-state index contributed by atoms with van der Waals surface area (Å²) in [7, 11) is -6.63. The Labute approximate surface area is 172 Å². The maximum absolute atomic E-state index is 10.7. The van der Waals surface area contributed by atoms with Gasteiger partial charge in [-0.05, 0) is 13.8 Å². The number of halogens is 4. The molecule has 0 saturated carbocycles. The fourth-order valence-electron chi connectivity index (χ4n) is 1.38. The molecule has 2 heterocycles. The molecule has 0 aliphatic carbocycles. The number of imidazole rings is 2. The van der Waals surface area contributed by atoms with Crippen molar-refractivity contribution in [3.63, 3.8) is 0 Å². The highest BCUT2D eigenvalue weighted by Gasteiger charge is 2.36. The van der Waals surface area contributed by atoms with Gasteiger partial charge in [-0.25, -0.2) is 39.5 Å². The van der Waals surface area contributed by atoms with Gasteiger partial charge in [-0.1, -0.05) is 0 Å². The Balaban J connectivity index is 0. The van der Waals surface area contributed by atoms with Crippen LogP contribution in [0, 0.1) is 0 Å². The minimum Gasteiger partial charge on any atom is -0.746 e. The van der Waals surface area contributed by atoms with Crippen molar-refractivity contribution in [3.05, 3.63) is 37.4 Å². The SMILES string of the molecule is CCn1cc[n+](C)c1.CCn1cc[n+](C)c1.O=S(=O)([O-])C(F)(F)F.O=S(=O)([O-])CF. The van der Waals surface area contributed by atoms with Crippen LogP contribution in [0.25, 0.3) is 0 Å². The lowest BCUT2D eigenvalue weighted by molar-refractivity contribution is -0.671. The average Bonchev–Trinajstić information content (AvgIpc) is 3.22. The van der Waals surface area contributed by atoms with Crippen molar-refractivity contribution in [2.24, 2.45) is 14.1 Å². The van der Waals surface area contributed by atoms with Crippen molar-refractivity contribution in [2.75, 3.05) is 6.01 Å². The number of hydrogen-bond acceptors (Lipinski definition) is 6. The second-order valence-corrected chi connectivity index (χ2v) is 8.09. The van der Waals surface area contributed by atoms with Crippen LogP contribution in [-0.2, 0) is 47.4 Å². The summed E-state index contributed by atoms with van der Waals surface area (Å²) in [6, 6.07) is -1.81. The van der Waals surface area contributed by atoms with E-state index < -0.39 is 31.8 Å². The normalized spacial score (nSPS) is 11.3. The first-order valence-corrected chi connectivity index (χ1v) is 11.0.